The Morgan fingerprint density at radius 1 is 0.939 bits per heavy atom. The molecule has 0 fully saturated rings. The molecule has 1 aromatic heterocycles. The van der Waals surface area contributed by atoms with Crippen LogP contribution in [0, 0.1) is 0 Å². The Morgan fingerprint density at radius 3 is 1.97 bits per heavy atom. The quantitative estimate of drug-likeness (QED) is 0.340. The fraction of sp³-hybridized carbons (Fsp3) is 0.261. The summed E-state index contributed by atoms with van der Waals surface area (Å²) in [7, 11) is -1.69. The Morgan fingerprint density at radius 2 is 1.45 bits per heavy atom. The second-order valence-electron chi connectivity index (χ2n) is 7.50. The number of aliphatic hydroxyl groups is 1. The van der Waals surface area contributed by atoms with Crippen LogP contribution in [0.25, 0.3) is 0 Å². The third kappa shape index (κ3) is 5.71. The number of carbonyl (C=O) groups excluding carboxylic acids is 1. The van der Waals surface area contributed by atoms with Crippen molar-refractivity contribution in [3.63, 3.8) is 0 Å². The zero-order valence-electron chi connectivity index (χ0n) is 18.4. The van der Waals surface area contributed by atoms with Gasteiger partial charge < -0.3 is 0 Å². The molecular weight excluding hydrogens is 447 g/mol. The molecular formula is C23H27N2O7P. The minimum absolute atomic E-state index is 0.0220. The summed E-state index contributed by atoms with van der Waals surface area (Å²) in [5.41, 5.74) is -0.0874. The van der Waals surface area contributed by atoms with Gasteiger partial charge in [-0.15, -0.1) is 0 Å². The molecule has 9 nitrogen and oxygen atoms in total. The first-order valence-corrected chi connectivity index (χ1v) is 12.1. The summed E-state index contributed by atoms with van der Waals surface area (Å²) in [6.07, 6.45) is 0.600. The van der Waals surface area contributed by atoms with E-state index in [0.29, 0.717) is 5.56 Å². The SMILES string of the molecule is CO[PH](O)(OC)C(O)CC(=O)c1cn(Cc2ccccc2)c(=O)n(Cc2ccccc2)c1=O. The van der Waals surface area contributed by atoms with Gasteiger partial charge in [-0.05, 0) is 0 Å². The van der Waals surface area contributed by atoms with Crippen molar-refractivity contribution in [3.05, 3.63) is 104 Å². The molecule has 0 aliphatic heterocycles. The summed E-state index contributed by atoms with van der Waals surface area (Å²) in [6, 6.07) is 18.1. The molecule has 0 radical (unpaired) electrons. The maximum absolute atomic E-state index is 13.1. The number of benzene rings is 2. The van der Waals surface area contributed by atoms with E-state index in [9.17, 15) is 24.4 Å². The summed E-state index contributed by atoms with van der Waals surface area (Å²) < 4.78 is 12.0. The molecule has 2 N–H and O–H groups in total. The second kappa shape index (κ2) is 10.8. The molecule has 0 aliphatic rings. The van der Waals surface area contributed by atoms with Crippen LogP contribution in [0.5, 0.6) is 0 Å². The first-order chi connectivity index (χ1) is 15.8. The van der Waals surface area contributed by atoms with E-state index in [1.54, 1.807) is 24.3 Å². The number of aliphatic hydroxyl groups excluding tert-OH is 1. The van der Waals surface area contributed by atoms with Crippen LogP contribution in [-0.2, 0) is 22.1 Å². The monoisotopic (exact) mass is 474 g/mol. The van der Waals surface area contributed by atoms with Crippen molar-refractivity contribution < 1.29 is 23.8 Å². The van der Waals surface area contributed by atoms with E-state index >= 15 is 0 Å². The summed E-state index contributed by atoms with van der Waals surface area (Å²) >= 11 is 0. The Bertz CT molecular complexity index is 1200. The standard InChI is InChI=1S/C23H27N2O7P/c1-31-33(30,32-2)21(27)13-20(26)19-16-24(14-17-9-5-3-6-10-17)23(29)25(22(19)28)15-18-11-7-4-8-12-18/h3-12,16,21,27,30,33H,13-15H2,1-2H3. The van der Waals surface area contributed by atoms with E-state index in [4.69, 9.17) is 9.05 Å². The number of Topliss-reactive ketones (excluding diaryl/α,β-unsaturated/α-hetero) is 1. The van der Waals surface area contributed by atoms with Gasteiger partial charge in [0.25, 0.3) is 0 Å². The predicted octanol–water partition coefficient (Wildman–Crippen LogP) is 1.78. The number of rotatable bonds is 10. The Hall–Kier alpha value is -2.94. The molecule has 3 aromatic rings. The molecule has 10 heteroatoms. The Kier molecular flexibility index (Phi) is 8.07. The third-order valence-corrected chi connectivity index (χ3v) is 7.52. The van der Waals surface area contributed by atoms with Crippen LogP contribution in [0.1, 0.15) is 27.9 Å². The molecule has 0 saturated heterocycles. The molecule has 0 aliphatic carbocycles. The number of aromatic nitrogens is 2. The summed E-state index contributed by atoms with van der Waals surface area (Å²) in [5.74, 6) is -2.37. The average molecular weight is 474 g/mol. The van der Waals surface area contributed by atoms with Gasteiger partial charge in [0.15, 0.2) is 0 Å². The third-order valence-electron chi connectivity index (χ3n) is 5.30. The van der Waals surface area contributed by atoms with Gasteiger partial charge in [-0.2, -0.15) is 0 Å². The van der Waals surface area contributed by atoms with E-state index in [-0.39, 0.29) is 18.7 Å². The topological polar surface area (TPSA) is 120 Å². The molecule has 0 amide bonds. The van der Waals surface area contributed by atoms with Gasteiger partial charge in [0, 0.05) is 0 Å². The Labute approximate surface area is 191 Å². The number of nitrogens with zero attached hydrogens (tertiary/aromatic N) is 2. The van der Waals surface area contributed by atoms with Crippen molar-refractivity contribution in [3.8, 4) is 0 Å². The van der Waals surface area contributed by atoms with E-state index in [2.05, 4.69) is 0 Å². The average Bonchev–Trinajstić information content (AvgIpc) is 2.84. The molecule has 1 unspecified atom stereocenters. The summed E-state index contributed by atoms with van der Waals surface area (Å²) in [6.45, 7) is 0.123. The van der Waals surface area contributed by atoms with E-state index < -0.39 is 37.2 Å². The number of ketones is 1. The molecule has 0 bridgehead atoms. The number of hydrogen-bond acceptors (Lipinski definition) is 7. The fourth-order valence-corrected chi connectivity index (χ4v) is 4.57. The van der Waals surface area contributed by atoms with Crippen LogP contribution in [0.3, 0.4) is 0 Å². The zero-order chi connectivity index (χ0) is 24.0. The molecule has 1 heterocycles. The van der Waals surface area contributed by atoms with Crippen LogP contribution >= 0.6 is 7.94 Å². The van der Waals surface area contributed by atoms with Gasteiger partial charge in [0.05, 0.1) is 0 Å². The number of hydrogen-bond donors (Lipinski definition) is 2. The second-order valence-corrected chi connectivity index (χ2v) is 10.2. The van der Waals surface area contributed by atoms with Crippen molar-refractivity contribution >= 4 is 13.7 Å². The van der Waals surface area contributed by atoms with Crippen molar-refractivity contribution in [1.82, 2.24) is 9.13 Å². The van der Waals surface area contributed by atoms with Crippen molar-refractivity contribution in [2.45, 2.75) is 25.4 Å². The van der Waals surface area contributed by atoms with Crippen LogP contribution in [0.2, 0.25) is 0 Å². The maximum atomic E-state index is 13.1. The Balaban J connectivity index is 2.05. The van der Waals surface area contributed by atoms with Crippen LogP contribution < -0.4 is 11.2 Å². The zero-order valence-corrected chi connectivity index (χ0v) is 19.4. The van der Waals surface area contributed by atoms with Gasteiger partial charge >= 0.3 is 191 Å². The van der Waals surface area contributed by atoms with Crippen molar-refractivity contribution in [2.24, 2.45) is 0 Å². The van der Waals surface area contributed by atoms with Gasteiger partial charge in [-0.1, -0.05) is 0 Å². The predicted molar refractivity (Wildman–Crippen MR) is 126 cm³/mol. The molecule has 176 valence electrons. The van der Waals surface area contributed by atoms with Crippen LogP contribution in [0.4, 0.5) is 0 Å². The first-order valence-electron chi connectivity index (χ1n) is 10.2. The van der Waals surface area contributed by atoms with Gasteiger partial charge in [-0.3, -0.25) is 0 Å². The van der Waals surface area contributed by atoms with E-state index in [0.717, 1.165) is 24.4 Å². The molecule has 1 atom stereocenters. The fourth-order valence-electron chi connectivity index (χ4n) is 3.41. The van der Waals surface area contributed by atoms with Crippen LogP contribution in [-0.4, -0.2) is 45.0 Å². The normalized spacial score (nSPS) is 13.0. The molecule has 33 heavy (non-hydrogen) atoms. The van der Waals surface area contributed by atoms with Gasteiger partial charge in [0.2, 0.25) is 0 Å². The molecule has 2 aromatic carbocycles. The minimum atomic E-state index is -4.02. The molecule has 0 spiro atoms. The van der Waals surface area contributed by atoms with Crippen molar-refractivity contribution in [1.29, 1.82) is 0 Å². The summed E-state index contributed by atoms with van der Waals surface area (Å²) in [4.78, 5) is 49.5. The number of carbonyl (C=O) groups is 1. The van der Waals surface area contributed by atoms with Crippen LogP contribution in [0.15, 0.2) is 76.4 Å². The molecule has 0 saturated carbocycles. The van der Waals surface area contributed by atoms with Gasteiger partial charge in [0.1, 0.15) is 0 Å². The van der Waals surface area contributed by atoms with E-state index in [1.165, 1.54) is 10.8 Å². The van der Waals surface area contributed by atoms with Crippen molar-refractivity contribution in [2.75, 3.05) is 14.2 Å². The first kappa shape index (κ1) is 24.7. The molecule has 3 rings (SSSR count). The summed E-state index contributed by atoms with van der Waals surface area (Å²) in [5, 5.41) is 10.3. The van der Waals surface area contributed by atoms with E-state index in [1.807, 2.05) is 36.4 Å². The van der Waals surface area contributed by atoms with Gasteiger partial charge in [-0.25, -0.2) is 0 Å².